The summed E-state index contributed by atoms with van der Waals surface area (Å²) in [5.41, 5.74) is 7.15. The molecule has 2 aromatic rings. The second kappa shape index (κ2) is 6.16. The molecular weight excluding hydrogens is 309 g/mol. The Labute approximate surface area is 133 Å². The second-order valence-corrected chi connectivity index (χ2v) is 7.24. The molecule has 2 N–H and O–H groups in total. The van der Waals surface area contributed by atoms with Crippen molar-refractivity contribution < 1.29 is 9.13 Å². The van der Waals surface area contributed by atoms with Crippen LogP contribution in [0.1, 0.15) is 19.4 Å². The average Bonchev–Trinajstić information content (AvgIpc) is 2.42. The topological polar surface area (TPSA) is 35.2 Å². The lowest BCUT2D eigenvalue weighted by atomic mass is 10.0. The summed E-state index contributed by atoms with van der Waals surface area (Å²) in [6, 6.07) is 10.0. The van der Waals surface area contributed by atoms with E-state index in [0.717, 1.165) is 10.5 Å². The van der Waals surface area contributed by atoms with E-state index < -0.39 is 0 Å². The van der Waals surface area contributed by atoms with Gasteiger partial charge in [0.05, 0.1) is 17.8 Å². The number of hydrogen-bond acceptors (Lipinski definition) is 3. The number of rotatable bonds is 4. The maximum atomic E-state index is 13.6. The van der Waals surface area contributed by atoms with Gasteiger partial charge in [0.1, 0.15) is 11.6 Å². The van der Waals surface area contributed by atoms with Crippen molar-refractivity contribution in [2.75, 3.05) is 12.8 Å². The molecule has 0 aromatic heterocycles. The van der Waals surface area contributed by atoms with E-state index in [-0.39, 0.29) is 10.6 Å². The minimum Gasteiger partial charge on any atom is -0.496 e. The highest BCUT2D eigenvalue weighted by molar-refractivity contribution is 8.00. The molecule has 2 aromatic carbocycles. The summed E-state index contributed by atoms with van der Waals surface area (Å²) in [6.45, 7) is 4.03. The molecule has 0 spiro atoms. The lowest BCUT2D eigenvalue weighted by Gasteiger charge is -2.27. The smallest absolute Gasteiger partial charge is 0.123 e. The van der Waals surface area contributed by atoms with Crippen LogP contribution in [0, 0.1) is 5.82 Å². The third-order valence-electron chi connectivity index (χ3n) is 3.15. The Morgan fingerprint density at radius 2 is 1.90 bits per heavy atom. The number of thioether (sulfide) groups is 1. The Morgan fingerprint density at radius 3 is 2.52 bits per heavy atom. The molecule has 0 aliphatic heterocycles. The van der Waals surface area contributed by atoms with Crippen LogP contribution in [0.5, 0.6) is 5.75 Å². The van der Waals surface area contributed by atoms with Crippen molar-refractivity contribution in [2.45, 2.75) is 23.5 Å². The van der Waals surface area contributed by atoms with Gasteiger partial charge in [-0.15, -0.1) is 11.8 Å². The maximum Gasteiger partial charge on any atom is 0.123 e. The van der Waals surface area contributed by atoms with E-state index in [9.17, 15) is 4.39 Å². The molecule has 2 rings (SSSR count). The van der Waals surface area contributed by atoms with Crippen LogP contribution in [0.2, 0.25) is 5.02 Å². The first kappa shape index (κ1) is 16.0. The van der Waals surface area contributed by atoms with Crippen molar-refractivity contribution in [3.63, 3.8) is 0 Å². The standard InChI is InChI=1S/C16H17ClFNOS/c1-16(2,12-8-10(18)4-7-15(12)20-3)21-11-5-6-13(17)14(19)9-11/h4-9H,19H2,1-3H3. The summed E-state index contributed by atoms with van der Waals surface area (Å²) >= 11 is 7.51. The van der Waals surface area contributed by atoms with Gasteiger partial charge in [-0.25, -0.2) is 4.39 Å². The van der Waals surface area contributed by atoms with Gasteiger partial charge in [0.2, 0.25) is 0 Å². The fourth-order valence-corrected chi connectivity index (χ4v) is 3.38. The Kier molecular flexibility index (Phi) is 4.69. The highest BCUT2D eigenvalue weighted by atomic mass is 35.5. The minimum absolute atomic E-state index is 0.282. The van der Waals surface area contributed by atoms with Gasteiger partial charge in [-0.05, 0) is 50.2 Å². The van der Waals surface area contributed by atoms with E-state index in [4.69, 9.17) is 22.1 Å². The zero-order valence-electron chi connectivity index (χ0n) is 12.1. The first-order valence-electron chi connectivity index (χ1n) is 6.41. The molecule has 5 heteroatoms. The van der Waals surface area contributed by atoms with Crippen LogP contribution in [-0.2, 0) is 4.75 Å². The van der Waals surface area contributed by atoms with Crippen molar-refractivity contribution in [1.82, 2.24) is 0 Å². The summed E-state index contributed by atoms with van der Waals surface area (Å²) in [7, 11) is 1.58. The third kappa shape index (κ3) is 3.63. The van der Waals surface area contributed by atoms with Crippen LogP contribution >= 0.6 is 23.4 Å². The lowest BCUT2D eigenvalue weighted by molar-refractivity contribution is 0.404. The quantitative estimate of drug-likeness (QED) is 0.627. The van der Waals surface area contributed by atoms with E-state index in [1.807, 2.05) is 26.0 Å². The molecule has 0 heterocycles. The average molecular weight is 326 g/mol. The van der Waals surface area contributed by atoms with E-state index in [1.54, 1.807) is 31.0 Å². The Balaban J connectivity index is 2.37. The van der Waals surface area contributed by atoms with Crippen LogP contribution < -0.4 is 10.5 Å². The minimum atomic E-state index is -0.381. The highest BCUT2D eigenvalue weighted by Crippen LogP contribution is 2.45. The number of ether oxygens (including phenoxy) is 1. The largest absolute Gasteiger partial charge is 0.496 e. The summed E-state index contributed by atoms with van der Waals surface area (Å²) in [5, 5.41) is 0.528. The van der Waals surface area contributed by atoms with E-state index in [1.165, 1.54) is 12.1 Å². The van der Waals surface area contributed by atoms with Crippen LogP contribution in [-0.4, -0.2) is 7.11 Å². The number of anilines is 1. The Bertz CT molecular complexity index is 661. The maximum absolute atomic E-state index is 13.6. The van der Waals surface area contributed by atoms with Crippen molar-refractivity contribution in [3.05, 3.63) is 52.8 Å². The van der Waals surface area contributed by atoms with Gasteiger partial charge < -0.3 is 10.5 Å². The molecule has 0 aliphatic rings. The van der Waals surface area contributed by atoms with Crippen molar-refractivity contribution in [3.8, 4) is 5.75 Å². The van der Waals surface area contributed by atoms with Crippen molar-refractivity contribution in [2.24, 2.45) is 0 Å². The predicted octanol–water partition coefficient (Wildman–Crippen LogP) is 5.10. The van der Waals surface area contributed by atoms with Crippen LogP contribution in [0.3, 0.4) is 0 Å². The lowest BCUT2D eigenvalue weighted by Crippen LogP contribution is -2.14. The zero-order chi connectivity index (χ0) is 15.6. The molecule has 0 aliphatic carbocycles. The molecular formula is C16H17ClFNOS. The zero-order valence-corrected chi connectivity index (χ0v) is 13.7. The van der Waals surface area contributed by atoms with E-state index in [2.05, 4.69) is 0 Å². The van der Waals surface area contributed by atoms with Gasteiger partial charge in [-0.3, -0.25) is 0 Å². The molecule has 21 heavy (non-hydrogen) atoms. The first-order valence-corrected chi connectivity index (χ1v) is 7.61. The number of hydrogen-bond donors (Lipinski definition) is 1. The number of nitrogen functional groups attached to an aromatic ring is 1. The molecule has 0 saturated heterocycles. The number of nitrogens with two attached hydrogens (primary N) is 1. The van der Waals surface area contributed by atoms with Crippen molar-refractivity contribution >= 4 is 29.1 Å². The molecule has 0 amide bonds. The fourth-order valence-electron chi connectivity index (χ4n) is 2.09. The van der Waals surface area contributed by atoms with Crippen LogP contribution in [0.4, 0.5) is 10.1 Å². The summed E-state index contributed by atoms with van der Waals surface area (Å²) in [4.78, 5) is 0.966. The highest BCUT2D eigenvalue weighted by Gasteiger charge is 2.26. The van der Waals surface area contributed by atoms with Gasteiger partial charge in [0.25, 0.3) is 0 Å². The van der Waals surface area contributed by atoms with Gasteiger partial charge in [-0.2, -0.15) is 0 Å². The molecule has 2 nitrogen and oxygen atoms in total. The Hall–Kier alpha value is -1.39. The van der Waals surface area contributed by atoms with E-state index >= 15 is 0 Å². The number of halogens is 2. The predicted molar refractivity (Wildman–Crippen MR) is 87.7 cm³/mol. The molecule has 0 atom stereocenters. The monoisotopic (exact) mass is 325 g/mol. The normalized spacial score (nSPS) is 11.5. The van der Waals surface area contributed by atoms with Crippen LogP contribution in [0.15, 0.2) is 41.3 Å². The first-order chi connectivity index (χ1) is 9.83. The fraction of sp³-hybridized carbons (Fsp3) is 0.250. The van der Waals surface area contributed by atoms with Gasteiger partial charge in [0, 0.05) is 15.2 Å². The van der Waals surface area contributed by atoms with Crippen LogP contribution in [0.25, 0.3) is 0 Å². The summed E-state index contributed by atoms with van der Waals surface area (Å²) in [5.74, 6) is 0.380. The SMILES string of the molecule is COc1ccc(F)cc1C(C)(C)Sc1ccc(Cl)c(N)c1. The van der Waals surface area contributed by atoms with Gasteiger partial charge >= 0.3 is 0 Å². The molecule has 0 fully saturated rings. The molecule has 112 valence electrons. The van der Waals surface area contributed by atoms with Crippen molar-refractivity contribution in [1.29, 1.82) is 0 Å². The molecule has 0 unspecified atom stereocenters. The van der Waals surface area contributed by atoms with Gasteiger partial charge in [-0.1, -0.05) is 11.6 Å². The third-order valence-corrected chi connectivity index (χ3v) is 4.71. The molecule has 0 saturated carbocycles. The molecule has 0 bridgehead atoms. The number of methoxy groups -OCH3 is 1. The van der Waals surface area contributed by atoms with E-state index in [0.29, 0.717) is 16.5 Å². The molecule has 0 radical (unpaired) electrons. The summed E-state index contributed by atoms with van der Waals surface area (Å²) < 4.78 is 18.5. The second-order valence-electron chi connectivity index (χ2n) is 5.14. The number of benzene rings is 2. The Morgan fingerprint density at radius 1 is 1.19 bits per heavy atom. The van der Waals surface area contributed by atoms with Gasteiger partial charge in [0.15, 0.2) is 0 Å². The summed E-state index contributed by atoms with van der Waals surface area (Å²) in [6.07, 6.45) is 0.